The summed E-state index contributed by atoms with van der Waals surface area (Å²) in [5.74, 6) is 0. The van der Waals surface area contributed by atoms with E-state index < -0.39 is 0 Å². The predicted octanol–water partition coefficient (Wildman–Crippen LogP) is 5.14. The number of nitriles is 1. The van der Waals surface area contributed by atoms with E-state index in [1.165, 1.54) is 16.8 Å². The molecule has 0 spiro atoms. The maximum absolute atomic E-state index is 9.96. The first kappa shape index (κ1) is 20.8. The lowest BCUT2D eigenvalue weighted by molar-refractivity contribution is 0.136. The number of likely N-dealkylation sites (tertiary alicyclic amines) is 1. The van der Waals surface area contributed by atoms with Crippen LogP contribution in [0.4, 0.5) is 5.69 Å². The summed E-state index contributed by atoms with van der Waals surface area (Å²) in [5, 5.41) is 9.96. The minimum atomic E-state index is -0.269. The van der Waals surface area contributed by atoms with E-state index in [4.69, 9.17) is 6.57 Å². The quantitative estimate of drug-likeness (QED) is 0.530. The Kier molecular flexibility index (Phi) is 6.16. The number of hydrogen-bond acceptors (Lipinski definition) is 3. The highest BCUT2D eigenvalue weighted by Gasteiger charge is 2.35. The van der Waals surface area contributed by atoms with E-state index in [1.54, 1.807) is 0 Å². The molecule has 1 saturated heterocycles. The van der Waals surface area contributed by atoms with Crippen molar-refractivity contribution >= 4 is 5.69 Å². The number of hydrogen-bond donors (Lipinski definition) is 0. The maximum Gasteiger partial charge on any atom is 0.187 e. The van der Waals surface area contributed by atoms with Crippen molar-refractivity contribution in [3.8, 4) is 6.07 Å². The van der Waals surface area contributed by atoms with Crippen molar-refractivity contribution in [3.63, 3.8) is 0 Å². The molecule has 31 heavy (non-hydrogen) atoms. The molecule has 5 heteroatoms. The standard InChI is InChI=1S/C26H27N5/c1-21-4-3-5-23(14-21)15-26(19-27)10-12-30(13-11-26)18-25-16-29-20-31(25)17-22-6-8-24(28-2)9-7-22/h3-9,14,16,20H,10-13,15,17-18H2,1H3. The molecule has 156 valence electrons. The highest BCUT2D eigenvalue weighted by molar-refractivity contribution is 5.45. The third kappa shape index (κ3) is 5.02. The average molecular weight is 410 g/mol. The van der Waals surface area contributed by atoms with Gasteiger partial charge in [-0.2, -0.15) is 5.26 Å². The summed E-state index contributed by atoms with van der Waals surface area (Å²) in [4.78, 5) is 10.2. The molecule has 2 aromatic carbocycles. The number of benzene rings is 2. The third-order valence-corrected chi connectivity index (χ3v) is 6.28. The van der Waals surface area contributed by atoms with Crippen LogP contribution in [0.2, 0.25) is 0 Å². The number of piperidine rings is 1. The minimum absolute atomic E-state index is 0.269. The molecule has 0 saturated carbocycles. The maximum atomic E-state index is 9.96. The van der Waals surface area contributed by atoms with Gasteiger partial charge in [0.2, 0.25) is 0 Å². The fourth-order valence-electron chi connectivity index (χ4n) is 4.40. The Balaban J connectivity index is 1.37. The zero-order valence-corrected chi connectivity index (χ0v) is 18.0. The Morgan fingerprint density at radius 1 is 1.10 bits per heavy atom. The normalized spacial score (nSPS) is 15.8. The molecule has 4 rings (SSSR count). The summed E-state index contributed by atoms with van der Waals surface area (Å²) >= 11 is 0. The van der Waals surface area contributed by atoms with E-state index in [0.717, 1.165) is 51.0 Å². The second-order valence-electron chi connectivity index (χ2n) is 8.63. The molecule has 2 heterocycles. The first-order chi connectivity index (χ1) is 15.1. The van der Waals surface area contributed by atoms with Gasteiger partial charge < -0.3 is 4.57 Å². The highest BCUT2D eigenvalue weighted by Crippen LogP contribution is 2.35. The van der Waals surface area contributed by atoms with Gasteiger partial charge in [-0.3, -0.25) is 4.90 Å². The van der Waals surface area contributed by atoms with Crippen molar-refractivity contribution in [2.24, 2.45) is 5.41 Å². The van der Waals surface area contributed by atoms with Crippen molar-refractivity contribution in [1.29, 1.82) is 5.26 Å². The lowest BCUT2D eigenvalue weighted by atomic mass is 9.75. The van der Waals surface area contributed by atoms with Crippen LogP contribution in [-0.4, -0.2) is 27.5 Å². The summed E-state index contributed by atoms with van der Waals surface area (Å²) in [7, 11) is 0. The van der Waals surface area contributed by atoms with E-state index >= 15 is 0 Å². The van der Waals surface area contributed by atoms with E-state index in [-0.39, 0.29) is 5.41 Å². The Labute approximate surface area is 184 Å². The van der Waals surface area contributed by atoms with Crippen molar-refractivity contribution in [1.82, 2.24) is 14.5 Å². The number of nitrogens with zero attached hydrogens (tertiary/aromatic N) is 5. The molecule has 0 amide bonds. The molecule has 1 aliphatic heterocycles. The molecular weight excluding hydrogens is 382 g/mol. The second kappa shape index (κ2) is 9.16. The van der Waals surface area contributed by atoms with Crippen LogP contribution in [0, 0.1) is 30.2 Å². The number of aryl methyl sites for hydroxylation is 1. The predicted molar refractivity (Wildman–Crippen MR) is 121 cm³/mol. The van der Waals surface area contributed by atoms with Crippen LogP contribution in [0.5, 0.6) is 0 Å². The number of imidazole rings is 1. The molecule has 0 aliphatic carbocycles. The highest BCUT2D eigenvalue weighted by atomic mass is 15.2. The number of aromatic nitrogens is 2. The van der Waals surface area contributed by atoms with Gasteiger partial charge in [-0.25, -0.2) is 9.83 Å². The van der Waals surface area contributed by atoms with Crippen molar-refractivity contribution in [2.45, 2.75) is 39.3 Å². The van der Waals surface area contributed by atoms with Gasteiger partial charge in [-0.1, -0.05) is 54.1 Å². The van der Waals surface area contributed by atoms with Crippen LogP contribution in [-0.2, 0) is 19.5 Å². The van der Waals surface area contributed by atoms with Gasteiger partial charge in [0.25, 0.3) is 0 Å². The first-order valence-corrected chi connectivity index (χ1v) is 10.7. The minimum Gasteiger partial charge on any atom is -0.329 e. The smallest absolute Gasteiger partial charge is 0.187 e. The zero-order chi connectivity index (χ0) is 21.7. The van der Waals surface area contributed by atoms with Gasteiger partial charge in [0.15, 0.2) is 5.69 Å². The van der Waals surface area contributed by atoms with Gasteiger partial charge >= 0.3 is 0 Å². The molecule has 1 aromatic heterocycles. The van der Waals surface area contributed by atoms with E-state index in [0.29, 0.717) is 5.69 Å². The van der Waals surface area contributed by atoms with Gasteiger partial charge in [-0.15, -0.1) is 0 Å². The van der Waals surface area contributed by atoms with Gasteiger partial charge in [0, 0.05) is 32.4 Å². The molecular formula is C26H27N5. The van der Waals surface area contributed by atoms with Crippen LogP contribution in [0.3, 0.4) is 0 Å². The number of rotatable bonds is 6. The van der Waals surface area contributed by atoms with Crippen molar-refractivity contribution in [3.05, 3.63) is 94.9 Å². The van der Waals surface area contributed by atoms with E-state index in [9.17, 15) is 5.26 Å². The van der Waals surface area contributed by atoms with Gasteiger partial charge in [0.1, 0.15) is 0 Å². The molecule has 0 unspecified atom stereocenters. The van der Waals surface area contributed by atoms with Crippen molar-refractivity contribution < 1.29 is 0 Å². The third-order valence-electron chi connectivity index (χ3n) is 6.28. The SMILES string of the molecule is [C-]#[N+]c1ccc(Cn2cncc2CN2CCC(C#N)(Cc3cccc(C)c3)CC2)cc1. The molecule has 0 bridgehead atoms. The molecule has 0 radical (unpaired) electrons. The van der Waals surface area contributed by atoms with Crippen LogP contribution in [0.15, 0.2) is 61.1 Å². The second-order valence-corrected chi connectivity index (χ2v) is 8.63. The molecule has 1 aliphatic rings. The van der Waals surface area contributed by atoms with Crippen LogP contribution < -0.4 is 0 Å². The monoisotopic (exact) mass is 409 g/mol. The van der Waals surface area contributed by atoms with Crippen LogP contribution >= 0.6 is 0 Å². The van der Waals surface area contributed by atoms with Gasteiger partial charge in [0.05, 0.1) is 30.1 Å². The molecule has 0 N–H and O–H groups in total. The fourth-order valence-corrected chi connectivity index (χ4v) is 4.40. The van der Waals surface area contributed by atoms with Crippen LogP contribution in [0.1, 0.15) is 35.2 Å². The summed E-state index contributed by atoms with van der Waals surface area (Å²) in [6, 6.07) is 18.9. The Hall–Kier alpha value is -3.41. The average Bonchev–Trinajstić information content (AvgIpc) is 3.22. The zero-order valence-electron chi connectivity index (χ0n) is 18.0. The molecule has 5 nitrogen and oxygen atoms in total. The first-order valence-electron chi connectivity index (χ1n) is 10.7. The topological polar surface area (TPSA) is 49.2 Å². The Bertz CT molecular complexity index is 1110. The Morgan fingerprint density at radius 3 is 2.55 bits per heavy atom. The summed E-state index contributed by atoms with van der Waals surface area (Å²) < 4.78 is 2.17. The lowest BCUT2D eigenvalue weighted by Crippen LogP contribution is -2.40. The van der Waals surface area contributed by atoms with E-state index in [1.807, 2.05) is 36.8 Å². The largest absolute Gasteiger partial charge is 0.329 e. The Morgan fingerprint density at radius 2 is 1.87 bits per heavy atom. The molecule has 0 atom stereocenters. The van der Waals surface area contributed by atoms with Crippen molar-refractivity contribution in [2.75, 3.05) is 13.1 Å². The summed E-state index contributed by atoms with van der Waals surface area (Å²) in [6.45, 7) is 12.6. The van der Waals surface area contributed by atoms with E-state index in [2.05, 4.69) is 56.6 Å². The summed E-state index contributed by atoms with van der Waals surface area (Å²) in [6.07, 6.45) is 6.43. The fraction of sp³-hybridized carbons (Fsp3) is 0.346. The summed E-state index contributed by atoms with van der Waals surface area (Å²) in [5.41, 5.74) is 5.24. The van der Waals surface area contributed by atoms with Gasteiger partial charge in [-0.05, 0) is 37.3 Å². The lowest BCUT2D eigenvalue weighted by Gasteiger charge is -2.37. The molecule has 3 aromatic rings. The molecule has 1 fully saturated rings. The van der Waals surface area contributed by atoms with Crippen LogP contribution in [0.25, 0.3) is 4.85 Å².